The average Bonchev–Trinajstić information content (AvgIpc) is 2.24. The van der Waals surface area contributed by atoms with Crippen LogP contribution in [0.1, 0.15) is 20.8 Å². The summed E-state index contributed by atoms with van der Waals surface area (Å²) in [7, 11) is 0. The van der Waals surface area contributed by atoms with E-state index in [0.717, 1.165) is 6.07 Å². The summed E-state index contributed by atoms with van der Waals surface area (Å²) in [5, 5.41) is 10.6. The maximum Gasteiger partial charge on any atom is 0.252 e. The summed E-state index contributed by atoms with van der Waals surface area (Å²) in [5.74, 6) is -0.0308. The van der Waals surface area contributed by atoms with Gasteiger partial charge in [0.05, 0.1) is 0 Å². The Labute approximate surface area is 89.1 Å². The number of rotatable bonds is 1. The summed E-state index contributed by atoms with van der Waals surface area (Å²) < 4.78 is 0. The van der Waals surface area contributed by atoms with Crippen LogP contribution in [-0.2, 0) is 0 Å². The van der Waals surface area contributed by atoms with Gasteiger partial charge in [0.2, 0.25) is 0 Å². The first-order valence-corrected chi connectivity index (χ1v) is 4.90. The fraction of sp³-hybridized carbons (Fsp3) is 0.250. The van der Waals surface area contributed by atoms with Crippen molar-refractivity contribution in [1.29, 1.82) is 0 Å². The van der Waals surface area contributed by atoms with E-state index in [0.29, 0.717) is 10.6 Å². The summed E-state index contributed by atoms with van der Waals surface area (Å²) in [6.07, 6.45) is 4.91. The molecule has 0 bridgehead atoms. The SMILES string of the molecule is C=C/C=c1/c(O)cc(=O)[nH]/c1=C/C.CC. The first-order valence-electron chi connectivity index (χ1n) is 4.90. The Morgan fingerprint density at radius 2 is 2.07 bits per heavy atom. The van der Waals surface area contributed by atoms with Crippen molar-refractivity contribution in [2.75, 3.05) is 0 Å². The fourth-order valence-corrected chi connectivity index (χ4v) is 1.10. The van der Waals surface area contributed by atoms with Crippen LogP contribution in [0.4, 0.5) is 0 Å². The summed E-state index contributed by atoms with van der Waals surface area (Å²) >= 11 is 0. The number of allylic oxidation sites excluding steroid dienone is 1. The minimum absolute atomic E-state index is 0.0308. The lowest BCUT2D eigenvalue weighted by Gasteiger charge is -1.93. The van der Waals surface area contributed by atoms with E-state index in [-0.39, 0.29) is 11.3 Å². The molecule has 0 aliphatic heterocycles. The van der Waals surface area contributed by atoms with Crippen molar-refractivity contribution < 1.29 is 5.11 Å². The highest BCUT2D eigenvalue weighted by Crippen LogP contribution is 1.89. The van der Waals surface area contributed by atoms with E-state index in [1.165, 1.54) is 0 Å². The number of aromatic nitrogens is 1. The number of aromatic hydroxyl groups is 1. The van der Waals surface area contributed by atoms with Gasteiger partial charge >= 0.3 is 0 Å². The van der Waals surface area contributed by atoms with E-state index in [4.69, 9.17) is 0 Å². The number of aromatic amines is 1. The molecule has 82 valence electrons. The molecule has 1 rings (SSSR count). The third-order valence-corrected chi connectivity index (χ3v) is 1.66. The molecule has 1 aromatic rings. The molecule has 0 saturated carbocycles. The maximum absolute atomic E-state index is 11.0. The Morgan fingerprint density at radius 3 is 2.53 bits per heavy atom. The third kappa shape index (κ3) is 3.46. The predicted molar refractivity (Wildman–Crippen MR) is 64.1 cm³/mol. The molecule has 0 aliphatic carbocycles. The van der Waals surface area contributed by atoms with Gasteiger partial charge in [0.1, 0.15) is 5.75 Å². The molecule has 15 heavy (non-hydrogen) atoms. The fourth-order valence-electron chi connectivity index (χ4n) is 1.10. The molecule has 0 atom stereocenters. The smallest absolute Gasteiger partial charge is 0.252 e. The van der Waals surface area contributed by atoms with E-state index in [1.807, 2.05) is 13.8 Å². The second-order valence-electron chi connectivity index (χ2n) is 2.54. The standard InChI is InChI=1S/C10H11NO2.C2H6/c1-3-5-7-8(4-2)11-10(13)6-9(7)12;1-2/h3-6,12H,1H2,2H3,(H,11,13);1-2H3/b7-5+,8-4+;. The molecule has 0 spiro atoms. The van der Waals surface area contributed by atoms with Gasteiger partial charge in [-0.2, -0.15) is 0 Å². The molecule has 0 aromatic carbocycles. The van der Waals surface area contributed by atoms with E-state index in [9.17, 15) is 9.90 Å². The molecule has 2 N–H and O–H groups in total. The van der Waals surface area contributed by atoms with Crippen LogP contribution < -0.4 is 16.1 Å². The predicted octanol–water partition coefficient (Wildman–Crippen LogP) is 0.874. The number of hydrogen-bond donors (Lipinski definition) is 2. The van der Waals surface area contributed by atoms with E-state index < -0.39 is 0 Å². The summed E-state index contributed by atoms with van der Waals surface area (Å²) in [6.45, 7) is 9.31. The minimum Gasteiger partial charge on any atom is -0.507 e. The van der Waals surface area contributed by atoms with E-state index in [1.54, 1.807) is 25.2 Å². The Bertz CT molecular complexity index is 483. The zero-order valence-electron chi connectivity index (χ0n) is 9.37. The lowest BCUT2D eigenvalue weighted by Crippen LogP contribution is -2.33. The third-order valence-electron chi connectivity index (χ3n) is 1.66. The number of pyridine rings is 1. The summed E-state index contributed by atoms with van der Waals surface area (Å²) in [4.78, 5) is 13.6. The first-order chi connectivity index (χ1) is 7.19. The molecule has 0 saturated heterocycles. The largest absolute Gasteiger partial charge is 0.507 e. The zero-order valence-corrected chi connectivity index (χ0v) is 9.37. The van der Waals surface area contributed by atoms with Gasteiger partial charge in [-0.25, -0.2) is 0 Å². The molecule has 0 radical (unpaired) electrons. The van der Waals surface area contributed by atoms with Crippen molar-refractivity contribution >= 4 is 12.2 Å². The first kappa shape index (κ1) is 13.2. The van der Waals surface area contributed by atoms with Crippen LogP contribution in [0.3, 0.4) is 0 Å². The number of nitrogens with one attached hydrogen (secondary N) is 1. The van der Waals surface area contributed by atoms with Gasteiger partial charge in [0.25, 0.3) is 5.56 Å². The van der Waals surface area contributed by atoms with Crippen LogP contribution in [-0.4, -0.2) is 10.1 Å². The quantitative estimate of drug-likeness (QED) is 0.718. The van der Waals surface area contributed by atoms with Gasteiger partial charge in [-0.3, -0.25) is 4.79 Å². The number of hydrogen-bond acceptors (Lipinski definition) is 2. The van der Waals surface area contributed by atoms with Gasteiger partial charge in [-0.15, -0.1) is 0 Å². The lowest BCUT2D eigenvalue weighted by molar-refractivity contribution is 0.468. The maximum atomic E-state index is 11.0. The van der Waals surface area contributed by atoms with Gasteiger partial charge in [0, 0.05) is 16.6 Å². The van der Waals surface area contributed by atoms with Crippen LogP contribution in [0.15, 0.2) is 23.5 Å². The second kappa shape index (κ2) is 6.65. The molecular weight excluding hydrogens is 190 g/mol. The average molecular weight is 207 g/mol. The van der Waals surface area contributed by atoms with Crippen molar-refractivity contribution in [1.82, 2.24) is 4.98 Å². The topological polar surface area (TPSA) is 53.1 Å². The van der Waals surface area contributed by atoms with Crippen LogP contribution in [0.25, 0.3) is 12.2 Å². The van der Waals surface area contributed by atoms with Crippen LogP contribution in [0, 0.1) is 0 Å². The van der Waals surface area contributed by atoms with Crippen molar-refractivity contribution in [3.8, 4) is 5.75 Å². The highest BCUT2D eigenvalue weighted by molar-refractivity contribution is 5.41. The Morgan fingerprint density at radius 1 is 1.47 bits per heavy atom. The summed E-state index contributed by atoms with van der Waals surface area (Å²) in [6, 6.07) is 1.14. The van der Waals surface area contributed by atoms with Crippen molar-refractivity contribution in [3.05, 3.63) is 39.6 Å². The molecule has 0 unspecified atom stereocenters. The number of H-pyrrole nitrogens is 1. The van der Waals surface area contributed by atoms with Crippen LogP contribution in [0.2, 0.25) is 0 Å². The highest BCUT2D eigenvalue weighted by atomic mass is 16.3. The molecule has 1 aromatic heterocycles. The monoisotopic (exact) mass is 207 g/mol. The van der Waals surface area contributed by atoms with Gasteiger partial charge in [-0.1, -0.05) is 32.6 Å². The molecule has 0 fully saturated rings. The molecule has 0 aliphatic rings. The second-order valence-corrected chi connectivity index (χ2v) is 2.54. The van der Waals surface area contributed by atoms with Crippen molar-refractivity contribution in [2.24, 2.45) is 0 Å². The van der Waals surface area contributed by atoms with Gasteiger partial charge in [-0.05, 0) is 13.0 Å². The Hall–Kier alpha value is -1.77. The zero-order chi connectivity index (χ0) is 11.8. The van der Waals surface area contributed by atoms with E-state index >= 15 is 0 Å². The van der Waals surface area contributed by atoms with Crippen molar-refractivity contribution in [2.45, 2.75) is 20.8 Å². The Balaban J connectivity index is 0.000000921. The molecular formula is C12H17NO2. The molecule has 3 nitrogen and oxygen atoms in total. The van der Waals surface area contributed by atoms with Crippen LogP contribution in [0.5, 0.6) is 5.75 Å². The van der Waals surface area contributed by atoms with Gasteiger partial charge in [0.15, 0.2) is 0 Å². The Kier molecular flexibility index (Phi) is 5.86. The van der Waals surface area contributed by atoms with Crippen LogP contribution >= 0.6 is 0 Å². The minimum atomic E-state index is -0.313. The molecule has 3 heteroatoms. The molecule has 0 amide bonds. The lowest BCUT2D eigenvalue weighted by atomic mass is 10.3. The highest BCUT2D eigenvalue weighted by Gasteiger charge is 1.94. The normalized spacial score (nSPS) is 11.9. The molecule has 1 heterocycles. The van der Waals surface area contributed by atoms with Crippen molar-refractivity contribution in [3.63, 3.8) is 0 Å². The summed E-state index contributed by atoms with van der Waals surface area (Å²) in [5.41, 5.74) is -0.313. The van der Waals surface area contributed by atoms with E-state index in [2.05, 4.69) is 11.6 Å². The van der Waals surface area contributed by atoms with Gasteiger partial charge < -0.3 is 10.1 Å².